The molecular formula is C11H18N2O3S. The quantitative estimate of drug-likeness (QED) is 0.783. The van der Waals surface area contributed by atoms with Gasteiger partial charge in [0.2, 0.25) is 0 Å². The van der Waals surface area contributed by atoms with Crippen LogP contribution in [0.2, 0.25) is 0 Å². The van der Waals surface area contributed by atoms with Crippen LogP contribution in [0.25, 0.3) is 0 Å². The summed E-state index contributed by atoms with van der Waals surface area (Å²) in [6.45, 7) is 4.64. The number of nitrogens with one attached hydrogen (secondary N) is 2. The van der Waals surface area contributed by atoms with Crippen LogP contribution in [0.5, 0.6) is 5.75 Å². The van der Waals surface area contributed by atoms with Gasteiger partial charge in [-0.3, -0.25) is 4.72 Å². The molecule has 6 heteroatoms. The fourth-order valence-electron chi connectivity index (χ4n) is 1.25. The van der Waals surface area contributed by atoms with E-state index in [1.165, 1.54) is 0 Å². The first-order valence-corrected chi connectivity index (χ1v) is 7.06. The molecule has 1 aromatic rings. The van der Waals surface area contributed by atoms with E-state index in [1.807, 2.05) is 13.8 Å². The first-order chi connectivity index (χ1) is 8.09. The van der Waals surface area contributed by atoms with Crippen LogP contribution in [0.15, 0.2) is 24.3 Å². The lowest BCUT2D eigenvalue weighted by Gasteiger charge is -2.12. The van der Waals surface area contributed by atoms with Gasteiger partial charge in [-0.15, -0.1) is 0 Å². The van der Waals surface area contributed by atoms with Gasteiger partial charge in [0.25, 0.3) is 10.2 Å². The van der Waals surface area contributed by atoms with Crippen LogP contribution in [-0.4, -0.2) is 21.6 Å². The molecule has 0 aliphatic carbocycles. The summed E-state index contributed by atoms with van der Waals surface area (Å²) < 4.78 is 33.5. The van der Waals surface area contributed by atoms with Crippen molar-refractivity contribution in [3.63, 3.8) is 0 Å². The monoisotopic (exact) mass is 258 g/mol. The average Bonchev–Trinajstić information content (AvgIpc) is 2.29. The fourth-order valence-corrected chi connectivity index (χ4v) is 2.25. The highest BCUT2D eigenvalue weighted by atomic mass is 32.2. The topological polar surface area (TPSA) is 67.4 Å². The van der Waals surface area contributed by atoms with Gasteiger partial charge in [0.1, 0.15) is 5.75 Å². The molecule has 0 aliphatic rings. The number of hydrogen-bond acceptors (Lipinski definition) is 3. The number of benzene rings is 1. The zero-order valence-electron chi connectivity index (χ0n) is 10.1. The van der Waals surface area contributed by atoms with E-state index in [-0.39, 0.29) is 0 Å². The van der Waals surface area contributed by atoms with Crippen LogP contribution in [0.3, 0.4) is 0 Å². The molecule has 1 aromatic carbocycles. The molecule has 0 aliphatic heterocycles. The Kier molecular flexibility index (Phi) is 5.24. The number of hydrogen-bond donors (Lipinski definition) is 2. The third-order valence-electron chi connectivity index (χ3n) is 1.97. The maximum absolute atomic E-state index is 11.6. The fraction of sp³-hybridized carbons (Fsp3) is 0.455. The lowest BCUT2D eigenvalue weighted by molar-refractivity contribution is 0.342. The van der Waals surface area contributed by atoms with Crippen molar-refractivity contribution in [2.45, 2.75) is 20.3 Å². The van der Waals surface area contributed by atoms with E-state index in [2.05, 4.69) is 9.44 Å². The van der Waals surface area contributed by atoms with Crippen molar-refractivity contribution in [2.24, 2.45) is 0 Å². The molecule has 0 saturated heterocycles. The standard InChI is InChI=1S/C11H18N2O3S/c1-3-9-12-17(14,15)13-10-7-5-6-8-11(10)16-4-2/h5-8,12-13H,3-4,9H2,1-2H3. The Hall–Kier alpha value is -1.27. The number of anilines is 1. The van der Waals surface area contributed by atoms with Gasteiger partial charge in [-0.1, -0.05) is 19.1 Å². The van der Waals surface area contributed by atoms with Crippen molar-refractivity contribution in [1.29, 1.82) is 0 Å². The van der Waals surface area contributed by atoms with E-state index in [9.17, 15) is 8.42 Å². The van der Waals surface area contributed by atoms with E-state index >= 15 is 0 Å². The van der Waals surface area contributed by atoms with Gasteiger partial charge in [-0.2, -0.15) is 13.1 Å². The second-order valence-electron chi connectivity index (χ2n) is 3.43. The van der Waals surface area contributed by atoms with E-state index in [0.29, 0.717) is 24.6 Å². The van der Waals surface area contributed by atoms with Crippen molar-refractivity contribution in [3.8, 4) is 5.75 Å². The van der Waals surface area contributed by atoms with Crippen LogP contribution in [0.1, 0.15) is 20.3 Å². The molecule has 0 amide bonds. The van der Waals surface area contributed by atoms with Crippen molar-refractivity contribution < 1.29 is 13.2 Å². The van der Waals surface area contributed by atoms with E-state index in [0.717, 1.165) is 6.42 Å². The smallest absolute Gasteiger partial charge is 0.299 e. The molecule has 0 atom stereocenters. The Labute approximate surface area is 102 Å². The van der Waals surface area contributed by atoms with Crippen LogP contribution >= 0.6 is 0 Å². The minimum Gasteiger partial charge on any atom is -0.492 e. The van der Waals surface area contributed by atoms with Crippen LogP contribution in [-0.2, 0) is 10.2 Å². The minimum atomic E-state index is -3.52. The molecule has 1 rings (SSSR count). The molecule has 0 radical (unpaired) electrons. The Morgan fingerprint density at radius 1 is 1.24 bits per heavy atom. The van der Waals surface area contributed by atoms with Crippen molar-refractivity contribution in [1.82, 2.24) is 4.72 Å². The molecule has 17 heavy (non-hydrogen) atoms. The van der Waals surface area contributed by atoms with Crippen molar-refractivity contribution >= 4 is 15.9 Å². The van der Waals surface area contributed by atoms with Gasteiger partial charge in [0, 0.05) is 6.54 Å². The van der Waals surface area contributed by atoms with Crippen LogP contribution < -0.4 is 14.2 Å². The molecule has 0 heterocycles. The first kappa shape index (κ1) is 13.8. The van der Waals surface area contributed by atoms with E-state index < -0.39 is 10.2 Å². The molecule has 0 spiro atoms. The van der Waals surface area contributed by atoms with Crippen LogP contribution in [0, 0.1) is 0 Å². The minimum absolute atomic E-state index is 0.409. The predicted octanol–water partition coefficient (Wildman–Crippen LogP) is 1.74. The van der Waals surface area contributed by atoms with Crippen molar-refractivity contribution in [3.05, 3.63) is 24.3 Å². The second-order valence-corrected chi connectivity index (χ2v) is 4.93. The molecule has 0 unspecified atom stereocenters. The highest BCUT2D eigenvalue weighted by Gasteiger charge is 2.11. The summed E-state index contributed by atoms with van der Waals surface area (Å²) in [4.78, 5) is 0. The van der Waals surface area contributed by atoms with Gasteiger partial charge in [-0.05, 0) is 25.5 Å². The summed E-state index contributed by atoms with van der Waals surface area (Å²) in [5.41, 5.74) is 0.443. The predicted molar refractivity (Wildman–Crippen MR) is 68.4 cm³/mol. The van der Waals surface area contributed by atoms with Gasteiger partial charge in [-0.25, -0.2) is 0 Å². The first-order valence-electron chi connectivity index (χ1n) is 5.58. The van der Waals surface area contributed by atoms with E-state index in [1.54, 1.807) is 24.3 Å². The molecule has 0 bridgehead atoms. The largest absolute Gasteiger partial charge is 0.492 e. The summed E-state index contributed by atoms with van der Waals surface area (Å²) in [5.74, 6) is 0.525. The van der Waals surface area contributed by atoms with Gasteiger partial charge >= 0.3 is 0 Å². The third-order valence-corrected chi connectivity index (χ3v) is 3.05. The normalized spacial score (nSPS) is 11.2. The Morgan fingerprint density at radius 2 is 1.94 bits per heavy atom. The average molecular weight is 258 g/mol. The summed E-state index contributed by atoms with van der Waals surface area (Å²) in [7, 11) is -3.52. The number of para-hydroxylation sites is 2. The number of rotatable bonds is 7. The lowest BCUT2D eigenvalue weighted by Crippen LogP contribution is -2.30. The number of ether oxygens (including phenoxy) is 1. The van der Waals surface area contributed by atoms with E-state index in [4.69, 9.17) is 4.74 Å². The zero-order valence-corrected chi connectivity index (χ0v) is 10.9. The summed E-state index contributed by atoms with van der Waals surface area (Å²) in [6, 6.07) is 6.93. The van der Waals surface area contributed by atoms with Crippen molar-refractivity contribution in [2.75, 3.05) is 17.9 Å². The molecule has 5 nitrogen and oxygen atoms in total. The van der Waals surface area contributed by atoms with Gasteiger partial charge < -0.3 is 4.74 Å². The highest BCUT2D eigenvalue weighted by molar-refractivity contribution is 7.90. The molecule has 96 valence electrons. The Morgan fingerprint density at radius 3 is 2.59 bits per heavy atom. The maximum Gasteiger partial charge on any atom is 0.299 e. The lowest BCUT2D eigenvalue weighted by atomic mass is 10.3. The summed E-state index contributed by atoms with van der Waals surface area (Å²) in [5, 5.41) is 0. The second kappa shape index (κ2) is 6.46. The summed E-state index contributed by atoms with van der Waals surface area (Å²) in [6.07, 6.45) is 0.744. The zero-order chi connectivity index (χ0) is 12.7. The van der Waals surface area contributed by atoms with Crippen LogP contribution in [0.4, 0.5) is 5.69 Å². The Bertz CT molecular complexity index is 446. The highest BCUT2D eigenvalue weighted by Crippen LogP contribution is 2.24. The SMILES string of the molecule is CCCNS(=O)(=O)Nc1ccccc1OCC. The van der Waals surface area contributed by atoms with Gasteiger partial charge in [0.05, 0.1) is 12.3 Å². The molecule has 2 N–H and O–H groups in total. The van der Waals surface area contributed by atoms with Gasteiger partial charge in [0.15, 0.2) is 0 Å². The third kappa shape index (κ3) is 4.62. The summed E-state index contributed by atoms with van der Waals surface area (Å²) >= 11 is 0. The maximum atomic E-state index is 11.6. The molecular weight excluding hydrogens is 240 g/mol. The molecule has 0 aromatic heterocycles. The molecule has 0 fully saturated rings. The molecule has 0 saturated carbocycles. The Balaban J connectivity index is 2.80.